The van der Waals surface area contributed by atoms with Crippen molar-refractivity contribution in [2.45, 2.75) is 19.8 Å². The number of hydrogen-bond donors (Lipinski definition) is 0. The predicted octanol–water partition coefficient (Wildman–Crippen LogP) is 2.31. The lowest BCUT2D eigenvalue weighted by Gasteiger charge is -2.12. The molecule has 1 rings (SSSR count). The number of nitrogens with zero attached hydrogens (tertiary/aromatic N) is 1. The molecule has 68 valence electrons. The molecule has 0 saturated carbocycles. The number of halogens is 1. The zero-order valence-electron chi connectivity index (χ0n) is 7.29. The lowest BCUT2D eigenvalue weighted by molar-refractivity contribution is 0.183. The van der Waals surface area contributed by atoms with Gasteiger partial charge in [-0.05, 0) is 24.8 Å². The van der Waals surface area contributed by atoms with Gasteiger partial charge in [0.15, 0.2) is 0 Å². The fourth-order valence-electron chi connectivity index (χ4n) is 1.06. The highest BCUT2D eigenvalue weighted by Crippen LogP contribution is 2.15. The summed E-state index contributed by atoms with van der Waals surface area (Å²) in [6.07, 6.45) is 5.86. The van der Waals surface area contributed by atoms with Crippen LogP contribution >= 0.6 is 0 Å². The fraction of sp³-hybridized carbons (Fsp3) is 0.667. The van der Waals surface area contributed by atoms with E-state index < -0.39 is 6.67 Å². The Hall–Kier alpha value is -0.860. The molecule has 0 saturated heterocycles. The summed E-state index contributed by atoms with van der Waals surface area (Å²) in [6, 6.07) is 0. The first-order valence-electron chi connectivity index (χ1n) is 4.30. The zero-order chi connectivity index (χ0) is 8.81. The van der Waals surface area contributed by atoms with E-state index in [-0.39, 0.29) is 6.61 Å². The van der Waals surface area contributed by atoms with Gasteiger partial charge in [-0.3, -0.25) is 0 Å². The van der Waals surface area contributed by atoms with Gasteiger partial charge in [-0.2, -0.15) is 0 Å². The van der Waals surface area contributed by atoms with E-state index in [9.17, 15) is 4.39 Å². The van der Waals surface area contributed by atoms with Gasteiger partial charge >= 0.3 is 0 Å². The molecule has 0 N–H and O–H groups in total. The van der Waals surface area contributed by atoms with Gasteiger partial charge in [0, 0.05) is 6.21 Å². The van der Waals surface area contributed by atoms with Gasteiger partial charge in [-0.25, -0.2) is 9.38 Å². The highest BCUT2D eigenvalue weighted by molar-refractivity contribution is 5.63. The molecule has 1 aliphatic heterocycles. The molecule has 1 heterocycles. The predicted molar refractivity (Wildman–Crippen MR) is 46.9 cm³/mol. The molecular formula is C9H14FNO. The Bertz CT molecular complexity index is 189. The van der Waals surface area contributed by atoms with Gasteiger partial charge < -0.3 is 4.74 Å². The van der Waals surface area contributed by atoms with E-state index >= 15 is 0 Å². The summed E-state index contributed by atoms with van der Waals surface area (Å²) in [7, 11) is 0. The van der Waals surface area contributed by atoms with Crippen molar-refractivity contribution < 1.29 is 9.13 Å². The first-order chi connectivity index (χ1) is 5.86. The van der Waals surface area contributed by atoms with Crippen molar-refractivity contribution >= 4 is 6.21 Å². The van der Waals surface area contributed by atoms with E-state index in [2.05, 4.69) is 11.9 Å². The third-order valence-electron chi connectivity index (χ3n) is 1.86. The summed E-state index contributed by atoms with van der Waals surface area (Å²) in [5, 5.41) is 0. The second kappa shape index (κ2) is 4.91. The molecule has 1 aliphatic rings. The molecule has 0 amide bonds. The molecule has 0 aromatic rings. The van der Waals surface area contributed by atoms with Crippen LogP contribution in [0.5, 0.6) is 0 Å². The molecule has 0 aromatic carbocycles. The molecular weight excluding hydrogens is 157 g/mol. The van der Waals surface area contributed by atoms with E-state index in [0.717, 1.165) is 12.8 Å². The number of rotatable bonds is 4. The van der Waals surface area contributed by atoms with Gasteiger partial charge in [0.25, 0.3) is 0 Å². The third kappa shape index (κ3) is 2.64. The Labute approximate surface area is 72.1 Å². The topological polar surface area (TPSA) is 21.6 Å². The van der Waals surface area contributed by atoms with Crippen LogP contribution in [0.4, 0.5) is 4.39 Å². The van der Waals surface area contributed by atoms with Gasteiger partial charge in [0.05, 0.1) is 0 Å². The first kappa shape index (κ1) is 9.23. The number of allylic oxidation sites excluding steroid dienone is 1. The largest absolute Gasteiger partial charge is 0.475 e. The summed E-state index contributed by atoms with van der Waals surface area (Å²) in [4.78, 5) is 4.07. The normalized spacial score (nSPS) is 22.2. The number of aliphatic imine (C=N–C) groups is 1. The summed E-state index contributed by atoms with van der Waals surface area (Å²) < 4.78 is 16.7. The Kier molecular flexibility index (Phi) is 3.77. The Morgan fingerprint density at radius 1 is 1.75 bits per heavy atom. The molecule has 2 nitrogen and oxygen atoms in total. The maximum absolute atomic E-state index is 11.7. The van der Waals surface area contributed by atoms with Crippen molar-refractivity contribution in [3.8, 4) is 0 Å². The van der Waals surface area contributed by atoms with Crippen molar-refractivity contribution in [3.63, 3.8) is 0 Å². The van der Waals surface area contributed by atoms with Crippen LogP contribution < -0.4 is 0 Å². The van der Waals surface area contributed by atoms with Crippen molar-refractivity contribution in [2.75, 3.05) is 13.3 Å². The van der Waals surface area contributed by atoms with Crippen molar-refractivity contribution in [3.05, 3.63) is 12.0 Å². The summed E-state index contributed by atoms with van der Waals surface area (Å²) in [5.74, 6) is 1.10. The zero-order valence-corrected chi connectivity index (χ0v) is 7.29. The molecule has 0 aliphatic carbocycles. The molecule has 0 fully saturated rings. The molecule has 0 unspecified atom stereocenters. The van der Waals surface area contributed by atoms with Crippen molar-refractivity contribution in [1.82, 2.24) is 0 Å². The van der Waals surface area contributed by atoms with Crippen LogP contribution in [0, 0.1) is 5.92 Å². The van der Waals surface area contributed by atoms with Crippen LogP contribution in [0.15, 0.2) is 17.0 Å². The van der Waals surface area contributed by atoms with Gasteiger partial charge in [0.2, 0.25) is 5.88 Å². The quantitative estimate of drug-likeness (QED) is 0.636. The second-order valence-corrected chi connectivity index (χ2v) is 2.76. The minimum atomic E-state index is -0.454. The molecule has 1 atom stereocenters. The number of ether oxygens (including phenoxy) is 1. The highest BCUT2D eigenvalue weighted by atomic mass is 19.1. The van der Waals surface area contributed by atoms with Gasteiger partial charge in [-0.1, -0.05) is 6.92 Å². The lowest BCUT2D eigenvalue weighted by atomic mass is 10.0. The van der Waals surface area contributed by atoms with Crippen LogP contribution in [-0.2, 0) is 4.74 Å². The van der Waals surface area contributed by atoms with Crippen LogP contribution in [0.25, 0.3) is 0 Å². The molecule has 0 radical (unpaired) electrons. The molecule has 12 heavy (non-hydrogen) atoms. The van der Waals surface area contributed by atoms with E-state index in [0.29, 0.717) is 11.8 Å². The van der Waals surface area contributed by atoms with Crippen LogP contribution in [-0.4, -0.2) is 19.5 Å². The monoisotopic (exact) mass is 171 g/mol. The maximum Gasteiger partial charge on any atom is 0.208 e. The minimum absolute atomic E-state index is 0.111. The molecule has 3 heteroatoms. The van der Waals surface area contributed by atoms with E-state index in [1.807, 2.05) is 12.3 Å². The number of alkyl halides is 1. The first-order valence-corrected chi connectivity index (χ1v) is 4.30. The molecule has 0 aromatic heterocycles. The maximum atomic E-state index is 11.7. The van der Waals surface area contributed by atoms with Crippen molar-refractivity contribution in [1.29, 1.82) is 0 Å². The highest BCUT2D eigenvalue weighted by Gasteiger charge is 2.07. The summed E-state index contributed by atoms with van der Waals surface area (Å²) in [6.45, 7) is 1.78. The summed E-state index contributed by atoms with van der Waals surface area (Å²) in [5.41, 5.74) is 0. The second-order valence-electron chi connectivity index (χ2n) is 2.76. The van der Waals surface area contributed by atoms with Crippen molar-refractivity contribution in [2.24, 2.45) is 10.9 Å². The standard InChI is InChI=1S/C9H14FNO/c1-2-8-3-4-9(11-7-8)12-6-5-10/h4,7-8H,2-3,5-6H2,1H3/t8-/m1/s1. The van der Waals surface area contributed by atoms with Gasteiger partial charge in [0.1, 0.15) is 13.3 Å². The van der Waals surface area contributed by atoms with E-state index in [1.54, 1.807) is 0 Å². The van der Waals surface area contributed by atoms with E-state index in [4.69, 9.17) is 4.74 Å². The fourth-order valence-corrected chi connectivity index (χ4v) is 1.06. The molecule has 0 spiro atoms. The van der Waals surface area contributed by atoms with Crippen LogP contribution in [0.2, 0.25) is 0 Å². The van der Waals surface area contributed by atoms with E-state index in [1.165, 1.54) is 0 Å². The third-order valence-corrected chi connectivity index (χ3v) is 1.86. The SMILES string of the molecule is CC[C@H]1C=NC(OCCF)=CC1. The van der Waals surface area contributed by atoms with Crippen LogP contribution in [0.3, 0.4) is 0 Å². The smallest absolute Gasteiger partial charge is 0.208 e. The van der Waals surface area contributed by atoms with Gasteiger partial charge in [-0.15, -0.1) is 0 Å². The number of hydrogen-bond acceptors (Lipinski definition) is 2. The average molecular weight is 171 g/mol. The molecule has 0 bridgehead atoms. The van der Waals surface area contributed by atoms with Crippen LogP contribution in [0.1, 0.15) is 19.8 Å². The Morgan fingerprint density at radius 2 is 2.58 bits per heavy atom. The Morgan fingerprint density at radius 3 is 3.08 bits per heavy atom. The summed E-state index contributed by atoms with van der Waals surface area (Å²) >= 11 is 0. The Balaban J connectivity index is 2.31. The minimum Gasteiger partial charge on any atom is -0.475 e. The average Bonchev–Trinajstić information content (AvgIpc) is 2.15. The lowest BCUT2D eigenvalue weighted by Crippen LogP contribution is -2.06.